The maximum absolute atomic E-state index is 14.0. The Bertz CT molecular complexity index is 658. The highest BCUT2D eigenvalue weighted by Gasteiger charge is 2.20. The minimum Gasteiger partial charge on any atom is -0.493 e. The van der Waals surface area contributed by atoms with Crippen molar-refractivity contribution in [1.29, 1.82) is 0 Å². The molecule has 1 N–H and O–H groups in total. The second-order valence-electron chi connectivity index (χ2n) is 4.66. The molecule has 5 heteroatoms. The number of rotatable bonds is 4. The minimum absolute atomic E-state index is 0.216. The van der Waals surface area contributed by atoms with Crippen molar-refractivity contribution in [3.8, 4) is 11.5 Å². The lowest BCUT2D eigenvalue weighted by Gasteiger charge is -2.17. The van der Waals surface area contributed by atoms with Crippen molar-refractivity contribution < 1.29 is 19.0 Å². The van der Waals surface area contributed by atoms with Crippen molar-refractivity contribution in [2.75, 3.05) is 14.2 Å². The molecule has 112 valence electrons. The number of benzene rings is 2. The van der Waals surface area contributed by atoms with Gasteiger partial charge in [0, 0.05) is 15.6 Å². The maximum Gasteiger partial charge on any atom is 0.161 e. The molecule has 0 spiro atoms. The van der Waals surface area contributed by atoms with Gasteiger partial charge in [0.25, 0.3) is 0 Å². The van der Waals surface area contributed by atoms with Crippen LogP contribution in [-0.2, 0) is 0 Å². The fourth-order valence-corrected chi connectivity index (χ4v) is 2.64. The Balaban J connectivity index is 2.50. The van der Waals surface area contributed by atoms with Crippen LogP contribution in [0.25, 0.3) is 0 Å². The van der Waals surface area contributed by atoms with E-state index in [9.17, 15) is 9.50 Å². The number of hydrogen-bond donors (Lipinski definition) is 1. The van der Waals surface area contributed by atoms with E-state index in [0.717, 1.165) is 5.56 Å². The van der Waals surface area contributed by atoms with Gasteiger partial charge >= 0.3 is 0 Å². The number of methoxy groups -OCH3 is 2. The summed E-state index contributed by atoms with van der Waals surface area (Å²) in [6.07, 6.45) is -1.10. The molecule has 2 aromatic carbocycles. The van der Waals surface area contributed by atoms with E-state index in [1.165, 1.54) is 20.3 Å². The second kappa shape index (κ2) is 6.45. The normalized spacial score (nSPS) is 12.1. The minimum atomic E-state index is -1.10. The van der Waals surface area contributed by atoms with Crippen molar-refractivity contribution in [3.63, 3.8) is 0 Å². The summed E-state index contributed by atoms with van der Waals surface area (Å²) in [5.74, 6) is 0.566. The molecule has 0 saturated heterocycles. The Morgan fingerprint density at radius 3 is 2.24 bits per heavy atom. The van der Waals surface area contributed by atoms with E-state index in [4.69, 9.17) is 9.47 Å². The molecule has 0 aliphatic carbocycles. The molecule has 21 heavy (non-hydrogen) atoms. The van der Waals surface area contributed by atoms with Crippen molar-refractivity contribution in [2.45, 2.75) is 13.0 Å². The van der Waals surface area contributed by atoms with E-state index in [1.54, 1.807) is 31.2 Å². The third-order valence-corrected chi connectivity index (χ3v) is 3.93. The molecule has 1 atom stereocenters. The molecule has 2 aromatic rings. The quantitative estimate of drug-likeness (QED) is 0.901. The molecule has 0 bridgehead atoms. The standard InChI is InChI=1S/C16H16BrFO3/c1-9-4-5-10(13(18)6-9)16(19)11-7-14(20-2)15(21-3)8-12(11)17/h4-8,16,19H,1-3H3. The van der Waals surface area contributed by atoms with Crippen LogP contribution in [0.4, 0.5) is 4.39 Å². The van der Waals surface area contributed by atoms with E-state index in [2.05, 4.69) is 15.9 Å². The van der Waals surface area contributed by atoms with Crippen LogP contribution in [0.5, 0.6) is 11.5 Å². The summed E-state index contributed by atoms with van der Waals surface area (Å²) >= 11 is 3.37. The Hall–Kier alpha value is -1.59. The second-order valence-corrected chi connectivity index (χ2v) is 5.51. The molecule has 3 nitrogen and oxygen atoms in total. The molecule has 0 saturated carbocycles. The summed E-state index contributed by atoms with van der Waals surface area (Å²) in [7, 11) is 3.04. The van der Waals surface area contributed by atoms with Gasteiger partial charge < -0.3 is 14.6 Å². The summed E-state index contributed by atoms with van der Waals surface area (Å²) in [6, 6.07) is 8.05. The monoisotopic (exact) mass is 354 g/mol. The van der Waals surface area contributed by atoms with E-state index in [-0.39, 0.29) is 5.56 Å². The number of aryl methyl sites for hydroxylation is 1. The van der Waals surface area contributed by atoms with Crippen LogP contribution >= 0.6 is 15.9 Å². The lowest BCUT2D eigenvalue weighted by atomic mass is 9.99. The molecule has 2 rings (SSSR count). The van der Waals surface area contributed by atoms with E-state index in [1.807, 2.05) is 0 Å². The smallest absolute Gasteiger partial charge is 0.161 e. The molecule has 0 aromatic heterocycles. The lowest BCUT2D eigenvalue weighted by molar-refractivity contribution is 0.213. The molecule has 0 heterocycles. The summed E-state index contributed by atoms with van der Waals surface area (Å²) in [5.41, 5.74) is 1.53. The molecule has 0 amide bonds. The molecular formula is C16H16BrFO3. The maximum atomic E-state index is 14.0. The first kappa shape index (κ1) is 15.8. The van der Waals surface area contributed by atoms with Gasteiger partial charge in [-0.3, -0.25) is 0 Å². The highest BCUT2D eigenvalue weighted by atomic mass is 79.9. The zero-order chi connectivity index (χ0) is 15.6. The van der Waals surface area contributed by atoms with Crippen LogP contribution in [0.15, 0.2) is 34.8 Å². The van der Waals surface area contributed by atoms with Gasteiger partial charge in [-0.25, -0.2) is 4.39 Å². The molecule has 0 aliphatic rings. The van der Waals surface area contributed by atoms with Gasteiger partial charge in [-0.15, -0.1) is 0 Å². The van der Waals surface area contributed by atoms with Crippen LogP contribution in [0.3, 0.4) is 0 Å². The zero-order valence-corrected chi connectivity index (χ0v) is 13.6. The SMILES string of the molecule is COc1cc(Br)c(C(O)c2ccc(C)cc2F)cc1OC. The molecule has 1 unspecified atom stereocenters. The fourth-order valence-electron chi connectivity index (χ4n) is 2.10. The Kier molecular flexibility index (Phi) is 4.85. The third kappa shape index (κ3) is 3.19. The van der Waals surface area contributed by atoms with Crippen molar-refractivity contribution >= 4 is 15.9 Å². The summed E-state index contributed by atoms with van der Waals surface area (Å²) in [6.45, 7) is 1.80. The van der Waals surface area contributed by atoms with Crippen LogP contribution in [-0.4, -0.2) is 19.3 Å². The third-order valence-electron chi connectivity index (χ3n) is 3.25. The lowest BCUT2D eigenvalue weighted by Crippen LogP contribution is -2.05. The predicted molar refractivity (Wildman–Crippen MR) is 82.4 cm³/mol. The summed E-state index contributed by atoms with van der Waals surface area (Å²) in [5, 5.41) is 10.5. The highest BCUT2D eigenvalue weighted by Crippen LogP contribution is 2.38. The molecule has 0 radical (unpaired) electrons. The van der Waals surface area contributed by atoms with Crippen molar-refractivity contribution in [3.05, 3.63) is 57.3 Å². The topological polar surface area (TPSA) is 38.7 Å². The van der Waals surface area contributed by atoms with Crippen LogP contribution < -0.4 is 9.47 Å². The molecular weight excluding hydrogens is 339 g/mol. The summed E-state index contributed by atoms with van der Waals surface area (Å²) < 4.78 is 25.0. The average molecular weight is 355 g/mol. The predicted octanol–water partition coefficient (Wildman–Crippen LogP) is 4.00. The van der Waals surface area contributed by atoms with Gasteiger partial charge in [0.2, 0.25) is 0 Å². The number of halogens is 2. The van der Waals surface area contributed by atoms with Gasteiger partial charge in [-0.1, -0.05) is 28.1 Å². The van der Waals surface area contributed by atoms with Crippen LogP contribution in [0.1, 0.15) is 22.8 Å². The van der Waals surface area contributed by atoms with Crippen LogP contribution in [0, 0.1) is 12.7 Å². The number of aliphatic hydroxyl groups is 1. The fraction of sp³-hybridized carbons (Fsp3) is 0.250. The largest absolute Gasteiger partial charge is 0.493 e. The number of ether oxygens (including phenoxy) is 2. The Morgan fingerprint density at radius 2 is 1.67 bits per heavy atom. The van der Waals surface area contributed by atoms with Gasteiger partial charge in [0.05, 0.1) is 14.2 Å². The van der Waals surface area contributed by atoms with E-state index >= 15 is 0 Å². The first-order valence-corrected chi connectivity index (χ1v) is 7.12. The summed E-state index contributed by atoms with van der Waals surface area (Å²) in [4.78, 5) is 0. The number of aliphatic hydroxyl groups excluding tert-OH is 1. The van der Waals surface area contributed by atoms with E-state index in [0.29, 0.717) is 21.5 Å². The molecule has 0 fully saturated rings. The van der Waals surface area contributed by atoms with Gasteiger partial charge in [0.15, 0.2) is 11.5 Å². The highest BCUT2D eigenvalue weighted by molar-refractivity contribution is 9.10. The first-order valence-electron chi connectivity index (χ1n) is 6.33. The van der Waals surface area contributed by atoms with Crippen molar-refractivity contribution in [1.82, 2.24) is 0 Å². The molecule has 0 aliphatic heterocycles. The van der Waals surface area contributed by atoms with E-state index < -0.39 is 11.9 Å². The zero-order valence-electron chi connectivity index (χ0n) is 12.0. The Morgan fingerprint density at radius 1 is 1.05 bits per heavy atom. The Labute approximate surface area is 131 Å². The van der Waals surface area contributed by atoms with Gasteiger partial charge in [-0.05, 0) is 30.7 Å². The van der Waals surface area contributed by atoms with Gasteiger partial charge in [-0.2, -0.15) is 0 Å². The van der Waals surface area contributed by atoms with Gasteiger partial charge in [0.1, 0.15) is 11.9 Å². The first-order chi connectivity index (χ1) is 9.97. The number of hydrogen-bond acceptors (Lipinski definition) is 3. The van der Waals surface area contributed by atoms with Crippen molar-refractivity contribution in [2.24, 2.45) is 0 Å². The average Bonchev–Trinajstić information content (AvgIpc) is 2.46. The van der Waals surface area contributed by atoms with Crippen LogP contribution in [0.2, 0.25) is 0 Å².